The molecule has 0 spiro atoms. The molecule has 1 amide bonds. The fourth-order valence-electron chi connectivity index (χ4n) is 0.0278. The third-order valence-corrected chi connectivity index (χ3v) is 0.252. The monoisotopic (exact) mass is 117 g/mol. The zero-order chi connectivity index (χ0) is 4.12. The van der Waals surface area contributed by atoms with Gasteiger partial charge in [0.25, 0.3) is 0 Å². The summed E-state index contributed by atoms with van der Waals surface area (Å²) in [5.41, 5.74) is 1.89. The van der Waals surface area contributed by atoms with Crippen LogP contribution in [0, 0.1) is 0 Å². The summed E-state index contributed by atoms with van der Waals surface area (Å²) in [5.74, 6) is 0. The van der Waals surface area contributed by atoms with Crippen molar-refractivity contribution in [3.05, 3.63) is 0 Å². The number of hydrogen-bond acceptors (Lipinski definition) is 2. The van der Waals surface area contributed by atoms with Gasteiger partial charge in [0.05, 0.1) is 0 Å². The molecule has 0 bridgehead atoms. The van der Waals surface area contributed by atoms with Gasteiger partial charge in [0.2, 0.25) is 6.41 Å². The Kier molecular flexibility index (Phi) is 15.4. The fourth-order valence-corrected chi connectivity index (χ4v) is 0.0833. The van der Waals surface area contributed by atoms with Crippen LogP contribution in [0.5, 0.6) is 0 Å². The number of rotatable bonds is 2. The minimum absolute atomic E-state index is 0. The van der Waals surface area contributed by atoms with Crippen molar-refractivity contribution in [2.45, 2.75) is 0 Å². The van der Waals surface area contributed by atoms with E-state index in [1.807, 2.05) is 14.9 Å². The van der Waals surface area contributed by atoms with E-state index in [4.69, 9.17) is 4.79 Å². The molecule has 0 saturated carbocycles. The van der Waals surface area contributed by atoms with Gasteiger partial charge < -0.3 is 1.43 Å². The predicted molar refractivity (Wildman–Crippen MR) is 21.1 cm³/mol. The molecule has 0 fully saturated rings. The molecular weight excluding hydrogens is 112 g/mol. The van der Waals surface area contributed by atoms with Gasteiger partial charge in [-0.1, -0.05) is 0 Å². The van der Waals surface area contributed by atoms with Gasteiger partial charge in [0.15, 0.2) is 0 Å². The van der Waals surface area contributed by atoms with Crippen molar-refractivity contribution >= 4 is 15.9 Å². The molecule has 0 heterocycles. The molecule has 32 valence electrons. The molecule has 1 N–H and O–H groups in total. The van der Waals surface area contributed by atoms with E-state index in [0.29, 0.717) is 6.41 Å². The van der Waals surface area contributed by atoms with Gasteiger partial charge in [-0.15, -0.1) is 0 Å². The van der Waals surface area contributed by atoms with Gasteiger partial charge in [-0.25, -0.2) is 5.48 Å². The summed E-state index contributed by atoms with van der Waals surface area (Å²) in [6.07, 6.45) is 0.438. The van der Waals surface area contributed by atoms with Crippen LogP contribution in [0.3, 0.4) is 0 Å². The Bertz CT molecular complexity index is 38.9. The SMILES string of the molecule is O=CNOP.[H-].[Na+]. The molecule has 0 aromatic heterocycles. The van der Waals surface area contributed by atoms with Crippen molar-refractivity contribution in [2.24, 2.45) is 0 Å². The fraction of sp³-hybridized carbons (Fsp3) is 0. The van der Waals surface area contributed by atoms with Crippen LogP contribution in [0.25, 0.3) is 0 Å². The average molecular weight is 117 g/mol. The third kappa shape index (κ3) is 8.85. The minimum Gasteiger partial charge on any atom is -1.00 e. The van der Waals surface area contributed by atoms with Crippen molar-refractivity contribution in [3.63, 3.8) is 0 Å². The molecule has 6 heavy (non-hydrogen) atoms. The first-order valence-electron chi connectivity index (χ1n) is 0.964. The first kappa shape index (κ1) is 9.97. The Hall–Kier alpha value is 0.860. The van der Waals surface area contributed by atoms with Crippen LogP contribution < -0.4 is 35.0 Å². The van der Waals surface area contributed by atoms with Crippen molar-refractivity contribution in [1.82, 2.24) is 5.48 Å². The van der Waals surface area contributed by atoms with E-state index in [-0.39, 0.29) is 31.0 Å². The molecule has 0 aliphatic rings. The molecule has 0 aliphatic heterocycles. The molecule has 0 saturated heterocycles. The Morgan fingerprint density at radius 3 is 2.50 bits per heavy atom. The van der Waals surface area contributed by atoms with E-state index in [1.165, 1.54) is 0 Å². The van der Waals surface area contributed by atoms with Gasteiger partial charge >= 0.3 is 29.6 Å². The summed E-state index contributed by atoms with van der Waals surface area (Å²) in [6, 6.07) is 0. The molecule has 1 atom stereocenters. The van der Waals surface area contributed by atoms with Crippen molar-refractivity contribution in [2.75, 3.05) is 0 Å². The second kappa shape index (κ2) is 9.29. The molecule has 0 rings (SSSR count). The number of carbonyl (C=O) groups is 1. The second-order valence-electron chi connectivity index (χ2n) is 0.354. The zero-order valence-electron chi connectivity index (χ0n) is 4.47. The van der Waals surface area contributed by atoms with Gasteiger partial charge in [0, 0.05) is 9.47 Å². The summed E-state index contributed by atoms with van der Waals surface area (Å²) in [5, 5.41) is 0. The van der Waals surface area contributed by atoms with Gasteiger partial charge in [-0.05, 0) is 0 Å². The zero-order valence-corrected chi connectivity index (χ0v) is 6.63. The smallest absolute Gasteiger partial charge is 1.00 e. The maximum absolute atomic E-state index is 9.16. The Labute approximate surface area is 61.8 Å². The number of nitrogens with one attached hydrogen (secondary N) is 1. The maximum Gasteiger partial charge on any atom is 1.00 e. The van der Waals surface area contributed by atoms with E-state index in [9.17, 15) is 0 Å². The normalized spacial score (nSPS) is 5.50. The number of amides is 1. The summed E-state index contributed by atoms with van der Waals surface area (Å²) >= 11 is 0. The van der Waals surface area contributed by atoms with Crippen LogP contribution in [-0.4, -0.2) is 6.41 Å². The molecule has 0 aromatic rings. The quantitative estimate of drug-likeness (QED) is 0.177. The topological polar surface area (TPSA) is 38.3 Å². The van der Waals surface area contributed by atoms with Gasteiger partial charge in [0.1, 0.15) is 0 Å². The van der Waals surface area contributed by atoms with E-state index >= 15 is 0 Å². The summed E-state index contributed by atoms with van der Waals surface area (Å²) in [6.45, 7) is 0. The Morgan fingerprint density at radius 2 is 2.50 bits per heavy atom. The van der Waals surface area contributed by atoms with Crippen LogP contribution in [0.1, 0.15) is 1.43 Å². The van der Waals surface area contributed by atoms with Crippen molar-refractivity contribution in [1.29, 1.82) is 0 Å². The summed E-state index contributed by atoms with van der Waals surface area (Å²) in [7, 11) is 1.86. The average Bonchev–Trinajstić information content (AvgIpc) is 1.41. The van der Waals surface area contributed by atoms with Gasteiger partial charge in [-0.3, -0.25) is 9.42 Å². The van der Waals surface area contributed by atoms with Crippen molar-refractivity contribution in [3.8, 4) is 0 Å². The number of carbonyl (C=O) groups excluding carboxylic acids is 1. The molecular formula is CH5NNaO2P. The number of hydroxylamine groups is 1. The van der Waals surface area contributed by atoms with E-state index in [0.717, 1.165) is 0 Å². The Morgan fingerprint density at radius 1 is 2.00 bits per heavy atom. The summed E-state index contributed by atoms with van der Waals surface area (Å²) in [4.78, 5) is 9.16. The predicted octanol–water partition coefficient (Wildman–Crippen LogP) is -3.43. The summed E-state index contributed by atoms with van der Waals surface area (Å²) < 4.78 is 3.99. The molecule has 3 nitrogen and oxygen atoms in total. The van der Waals surface area contributed by atoms with Gasteiger partial charge in [-0.2, -0.15) is 0 Å². The molecule has 0 aliphatic carbocycles. The van der Waals surface area contributed by atoms with Crippen LogP contribution in [0.15, 0.2) is 0 Å². The molecule has 0 radical (unpaired) electrons. The first-order valence-corrected chi connectivity index (χ1v) is 1.44. The van der Waals surface area contributed by atoms with E-state index < -0.39 is 0 Å². The van der Waals surface area contributed by atoms with Crippen LogP contribution >= 0.6 is 9.47 Å². The first-order chi connectivity index (χ1) is 2.41. The van der Waals surface area contributed by atoms with E-state index in [1.54, 1.807) is 0 Å². The molecule has 0 aromatic carbocycles. The largest absolute Gasteiger partial charge is 1.00 e. The van der Waals surface area contributed by atoms with Crippen LogP contribution in [-0.2, 0) is 9.42 Å². The molecule has 5 heteroatoms. The minimum atomic E-state index is 0. The maximum atomic E-state index is 9.16. The molecule has 1 unspecified atom stereocenters. The van der Waals surface area contributed by atoms with Crippen LogP contribution in [0.2, 0.25) is 0 Å². The number of hydrogen-bond donors (Lipinski definition) is 1. The van der Waals surface area contributed by atoms with Crippen LogP contribution in [0.4, 0.5) is 0 Å². The Balaban J connectivity index is -0.0000000800. The second-order valence-corrected chi connectivity index (χ2v) is 0.589. The standard InChI is InChI=1S/CH4NO2P.Na.H/c3-1-2-4-5;;/h1H,5H2,(H,2,3);;/q;+1;-1. The van der Waals surface area contributed by atoms with E-state index in [2.05, 4.69) is 4.62 Å². The van der Waals surface area contributed by atoms with Crippen molar-refractivity contribution < 1.29 is 40.4 Å². The third-order valence-electron chi connectivity index (χ3n) is 0.116.